The molecule has 14 unspecified atom stereocenters. The molecule has 14 atom stereocenters. The molecule has 7 aliphatic rings. The highest BCUT2D eigenvalue weighted by Crippen LogP contribution is 2.87. The van der Waals surface area contributed by atoms with Crippen molar-refractivity contribution in [3.05, 3.63) is 0 Å². The molecule has 9 heteroatoms. The first kappa shape index (κ1) is 34.6. The van der Waals surface area contributed by atoms with E-state index in [9.17, 15) is 20.1 Å². The molecule has 268 valence electrons. The average molecular weight is 661 g/mol. The van der Waals surface area contributed by atoms with Gasteiger partial charge in [0.15, 0.2) is 6.29 Å². The molecule has 0 aromatic carbocycles. The zero-order valence-corrected chi connectivity index (χ0v) is 30.6. The smallest absolute Gasteiger partial charge is 0.228 e. The second-order valence-corrected chi connectivity index (χ2v) is 19.7. The largest absolute Gasteiger partial charge is 0.388 e. The number of morpholine rings is 1. The molecule has 7 fully saturated rings. The van der Waals surface area contributed by atoms with E-state index in [1.54, 1.807) is 13.8 Å². The fourth-order valence-corrected chi connectivity index (χ4v) is 13.4. The van der Waals surface area contributed by atoms with Gasteiger partial charge in [-0.3, -0.25) is 4.79 Å². The first-order chi connectivity index (χ1) is 21.6. The second-order valence-electron chi connectivity index (χ2n) is 19.7. The third-order valence-electron chi connectivity index (χ3n) is 15.6. The number of hydrogen-bond acceptors (Lipinski definition) is 8. The van der Waals surface area contributed by atoms with E-state index >= 15 is 0 Å². The Hall–Kier alpha value is -0.810. The van der Waals surface area contributed by atoms with Crippen LogP contribution in [0.4, 0.5) is 0 Å². The van der Waals surface area contributed by atoms with Crippen LogP contribution >= 0.6 is 0 Å². The van der Waals surface area contributed by atoms with E-state index < -0.39 is 47.3 Å². The molecule has 0 radical (unpaired) electrons. The van der Waals surface area contributed by atoms with Crippen molar-refractivity contribution in [3.63, 3.8) is 0 Å². The molecule has 1 amide bonds. The Bertz CT molecular complexity index is 1260. The highest BCUT2D eigenvalue weighted by molar-refractivity contribution is 5.81. The number of fused-ring (bicyclic) bond motifs is 4. The predicted molar refractivity (Wildman–Crippen MR) is 178 cm³/mol. The maximum absolute atomic E-state index is 13.0. The first-order valence-electron chi connectivity index (χ1n) is 18.7. The van der Waals surface area contributed by atoms with Crippen molar-refractivity contribution in [2.24, 2.45) is 56.5 Å². The van der Waals surface area contributed by atoms with Crippen LogP contribution in [0.3, 0.4) is 0 Å². The van der Waals surface area contributed by atoms with Crippen LogP contribution < -0.4 is 5.73 Å². The molecule has 5 saturated carbocycles. The molecule has 0 aromatic heterocycles. The van der Waals surface area contributed by atoms with Crippen LogP contribution in [0.1, 0.15) is 114 Å². The van der Waals surface area contributed by atoms with Crippen LogP contribution in [-0.4, -0.2) is 93.8 Å². The van der Waals surface area contributed by atoms with Crippen LogP contribution in [0.5, 0.6) is 0 Å². The minimum Gasteiger partial charge on any atom is -0.388 e. The minimum absolute atomic E-state index is 0.0519. The van der Waals surface area contributed by atoms with E-state index in [0.717, 1.165) is 38.5 Å². The fraction of sp³-hybridized carbons (Fsp3) is 0.974. The quantitative estimate of drug-likeness (QED) is 0.352. The number of rotatable bonds is 4. The molecule has 5 N–H and O–H groups in total. The summed E-state index contributed by atoms with van der Waals surface area (Å²) in [4.78, 5) is 15.0. The summed E-state index contributed by atoms with van der Waals surface area (Å²) in [5.41, 5.74) is 5.24. The number of carbonyl (C=O) groups excluding carboxylic acids is 1. The molecule has 47 heavy (non-hydrogen) atoms. The number of hydrogen-bond donors (Lipinski definition) is 4. The van der Waals surface area contributed by atoms with Gasteiger partial charge < -0.3 is 40.2 Å². The average Bonchev–Trinajstić information content (AvgIpc) is 3.61. The summed E-state index contributed by atoms with van der Waals surface area (Å²) in [5, 5.41) is 33.9. The summed E-state index contributed by atoms with van der Waals surface area (Å²) in [6.45, 7) is 20.1. The van der Waals surface area contributed by atoms with Gasteiger partial charge in [0, 0.05) is 12.0 Å². The molecule has 2 spiro atoms. The van der Waals surface area contributed by atoms with Gasteiger partial charge in [0.2, 0.25) is 5.91 Å². The number of ether oxygens (including phenoxy) is 3. The summed E-state index contributed by atoms with van der Waals surface area (Å²) in [6.07, 6.45) is 4.87. The third kappa shape index (κ3) is 4.61. The summed E-state index contributed by atoms with van der Waals surface area (Å²) < 4.78 is 19.5. The molecular weight excluding hydrogens is 596 g/mol. The molecule has 5 aliphatic carbocycles. The van der Waals surface area contributed by atoms with Crippen molar-refractivity contribution >= 4 is 5.91 Å². The van der Waals surface area contributed by atoms with Gasteiger partial charge in [-0.25, -0.2) is 0 Å². The number of carbonyl (C=O) groups is 1. The van der Waals surface area contributed by atoms with Gasteiger partial charge in [-0.05, 0) is 111 Å². The van der Waals surface area contributed by atoms with Gasteiger partial charge in [-0.15, -0.1) is 0 Å². The van der Waals surface area contributed by atoms with Crippen molar-refractivity contribution < 1.29 is 34.3 Å². The van der Waals surface area contributed by atoms with Crippen molar-refractivity contribution in [1.29, 1.82) is 0 Å². The topological polar surface area (TPSA) is 135 Å². The zero-order chi connectivity index (χ0) is 34.3. The Morgan fingerprint density at radius 3 is 2.34 bits per heavy atom. The Kier molecular flexibility index (Phi) is 7.82. The Balaban J connectivity index is 1.11. The van der Waals surface area contributed by atoms with E-state index in [-0.39, 0.29) is 51.4 Å². The summed E-state index contributed by atoms with van der Waals surface area (Å²) >= 11 is 0. The number of aliphatic hydroxyl groups is 3. The lowest BCUT2D eigenvalue weighted by Gasteiger charge is -2.63. The van der Waals surface area contributed by atoms with Crippen molar-refractivity contribution in [2.75, 3.05) is 19.7 Å². The van der Waals surface area contributed by atoms with E-state index in [1.165, 1.54) is 6.42 Å². The van der Waals surface area contributed by atoms with E-state index in [4.69, 9.17) is 19.9 Å². The van der Waals surface area contributed by atoms with Crippen LogP contribution in [-0.2, 0) is 19.0 Å². The van der Waals surface area contributed by atoms with Gasteiger partial charge in [0.05, 0.1) is 48.7 Å². The number of nitrogens with zero attached hydrogens (tertiary/aromatic N) is 1. The zero-order valence-electron chi connectivity index (χ0n) is 30.6. The maximum atomic E-state index is 13.0. The summed E-state index contributed by atoms with van der Waals surface area (Å²) in [7, 11) is 0. The molecule has 2 heterocycles. The highest BCUT2D eigenvalue weighted by atomic mass is 16.7. The van der Waals surface area contributed by atoms with E-state index in [2.05, 4.69) is 27.7 Å². The number of aliphatic hydroxyl groups excluding tert-OH is 2. The minimum atomic E-state index is -1.29. The number of nitrogens with two attached hydrogens (primary N) is 1. The van der Waals surface area contributed by atoms with Gasteiger partial charge in [-0.2, -0.15) is 0 Å². The molecular formula is C38H64N2O7. The molecule has 9 nitrogen and oxygen atoms in total. The normalized spacial score (nSPS) is 51.2. The van der Waals surface area contributed by atoms with E-state index in [0.29, 0.717) is 32.0 Å². The Labute approximate surface area is 282 Å². The monoisotopic (exact) mass is 660 g/mol. The lowest BCUT2D eigenvalue weighted by molar-refractivity contribution is -0.246. The maximum Gasteiger partial charge on any atom is 0.228 e. The summed E-state index contributed by atoms with van der Waals surface area (Å²) in [5.74, 6) is 1.18. The standard InChI is InChI=1S/C38H64N2O7/c1-21-18-22(29(41)34(7,8)44)46-28-27(21)35(9)14-15-37-20-36(37)13-12-25(47-26-19-40(16-17-45-26)31(43)32(2,3)4)33(5,6)23(36)10-11-24(37)38(35,39)30(28)42/h21-30,41-42,44H,10-20,39H2,1-9H3. The molecule has 7 rings (SSSR count). The predicted octanol–water partition coefficient (Wildman–Crippen LogP) is 4.24. The first-order valence-corrected chi connectivity index (χ1v) is 18.7. The Morgan fingerprint density at radius 1 is 1.02 bits per heavy atom. The van der Waals surface area contributed by atoms with Gasteiger partial charge in [-0.1, -0.05) is 48.5 Å². The van der Waals surface area contributed by atoms with Crippen LogP contribution in [0.2, 0.25) is 0 Å². The van der Waals surface area contributed by atoms with Gasteiger partial charge >= 0.3 is 0 Å². The Morgan fingerprint density at radius 2 is 1.68 bits per heavy atom. The second kappa shape index (κ2) is 10.6. The summed E-state index contributed by atoms with van der Waals surface area (Å²) in [6, 6.07) is 0. The molecule has 2 saturated heterocycles. The van der Waals surface area contributed by atoms with Gasteiger partial charge in [0.1, 0.15) is 6.10 Å². The van der Waals surface area contributed by atoms with Gasteiger partial charge in [0.25, 0.3) is 0 Å². The highest BCUT2D eigenvalue weighted by Gasteiger charge is 2.85. The van der Waals surface area contributed by atoms with Crippen molar-refractivity contribution in [1.82, 2.24) is 4.90 Å². The van der Waals surface area contributed by atoms with Crippen molar-refractivity contribution in [3.8, 4) is 0 Å². The molecule has 0 bridgehead atoms. The third-order valence-corrected chi connectivity index (χ3v) is 15.6. The lowest BCUT2D eigenvalue weighted by atomic mass is 9.43. The SMILES string of the molecule is CC1CC(C(O)C(C)(C)O)OC2C1C1(C)CCC34CC35CCC(OC3CN(C(=O)C(C)(C)C)CCO3)C(C)(C)C5CCC4C1(N)C2O. The molecule has 2 aliphatic heterocycles. The van der Waals surface area contributed by atoms with Crippen LogP contribution in [0, 0.1) is 50.7 Å². The van der Waals surface area contributed by atoms with Crippen molar-refractivity contribution in [2.45, 2.75) is 162 Å². The van der Waals surface area contributed by atoms with Crippen LogP contribution in [0.15, 0.2) is 0 Å². The molecule has 0 aromatic rings. The lowest BCUT2D eigenvalue weighted by Crippen LogP contribution is -2.70. The van der Waals surface area contributed by atoms with Crippen LogP contribution in [0.25, 0.3) is 0 Å². The fourth-order valence-electron chi connectivity index (χ4n) is 13.4. The van der Waals surface area contributed by atoms with E-state index in [1.807, 2.05) is 25.7 Å². The number of amides is 1.